The van der Waals surface area contributed by atoms with Crippen molar-refractivity contribution < 1.29 is 52.2 Å². The molecule has 0 spiro atoms. The van der Waals surface area contributed by atoms with Gasteiger partial charge in [-0.25, -0.2) is 4.18 Å². The molecule has 0 heterocycles. The summed E-state index contributed by atoms with van der Waals surface area (Å²) in [6.45, 7) is 3.26. The summed E-state index contributed by atoms with van der Waals surface area (Å²) in [5, 5.41) is 38.9. The van der Waals surface area contributed by atoms with E-state index in [1.165, 1.54) is 57.8 Å². The topological polar surface area (TPSA) is 191 Å². The zero-order valence-electron chi connectivity index (χ0n) is 35.5. The van der Waals surface area contributed by atoms with Crippen LogP contribution in [0.5, 0.6) is 0 Å². The van der Waals surface area contributed by atoms with Crippen molar-refractivity contribution in [2.24, 2.45) is 0 Å². The summed E-state index contributed by atoms with van der Waals surface area (Å²) in [6.07, 6.45) is 9.29. The van der Waals surface area contributed by atoms with Gasteiger partial charge >= 0.3 is 16.4 Å². The Kier molecular flexibility index (Phi) is 36.4. The van der Waals surface area contributed by atoms with Gasteiger partial charge in [0, 0.05) is 6.42 Å². The number of rotatable bonds is 38. The van der Waals surface area contributed by atoms with Gasteiger partial charge in [0.2, 0.25) is 0 Å². The van der Waals surface area contributed by atoms with Gasteiger partial charge in [-0.1, -0.05) is 113 Å². The van der Waals surface area contributed by atoms with E-state index in [1.807, 2.05) is 0 Å². The van der Waals surface area contributed by atoms with Gasteiger partial charge in [-0.05, 0) is 45.1 Å². The Morgan fingerprint density at radius 3 is 1.62 bits per heavy atom. The number of unbranched alkanes of at least 4 members (excludes halogenated alkanes) is 12. The summed E-state index contributed by atoms with van der Waals surface area (Å²) < 4.78 is 41.3. The number of allylic oxidation sites excluding steroid dienone is 1. The maximum absolute atomic E-state index is 12.4. The van der Waals surface area contributed by atoms with E-state index in [-0.39, 0.29) is 25.2 Å². The Bertz CT molecular complexity index is 1350. The number of carbonyl (C=O) groups excluding carboxylic acids is 1. The second-order valence-electron chi connectivity index (χ2n) is 15.8. The van der Waals surface area contributed by atoms with Gasteiger partial charge in [-0.15, -0.1) is 104 Å². The maximum atomic E-state index is 12.4. The van der Waals surface area contributed by atoms with Crippen molar-refractivity contribution in [1.82, 2.24) is 0 Å². The fraction of sp³-hybridized carbons (Fsp3) is 0.925. The second kappa shape index (κ2) is 35.2. The zero-order valence-corrected chi connectivity index (χ0v) is 44.7. The van der Waals surface area contributed by atoms with Crippen molar-refractivity contribution in [3.8, 4) is 0 Å². The van der Waals surface area contributed by atoms with Crippen molar-refractivity contribution in [3.05, 3.63) is 12.2 Å². The molecule has 0 rings (SSSR count). The number of carbonyl (C=O) groups is 1. The van der Waals surface area contributed by atoms with E-state index in [0.717, 1.165) is 25.7 Å². The quantitative estimate of drug-likeness (QED) is 0.0113. The first-order chi connectivity index (χ1) is 29.3. The molecule has 0 aromatic rings. The fourth-order valence-electron chi connectivity index (χ4n) is 6.41. The molecule has 63 heavy (non-hydrogen) atoms. The highest BCUT2D eigenvalue weighted by Gasteiger charge is 2.47. The number of halogens is 11. The highest BCUT2D eigenvalue weighted by atomic mass is 35.5. The van der Waals surface area contributed by atoms with Crippen LogP contribution in [0.15, 0.2) is 12.2 Å². The van der Waals surface area contributed by atoms with Gasteiger partial charge in [-0.2, -0.15) is 8.42 Å². The van der Waals surface area contributed by atoms with Gasteiger partial charge in [0.25, 0.3) is 0 Å². The van der Waals surface area contributed by atoms with Gasteiger partial charge in [0.15, 0.2) is 0 Å². The average Bonchev–Trinajstić information content (AvgIpc) is 3.23. The van der Waals surface area contributed by atoms with Gasteiger partial charge in [-0.3, -0.25) is 9.35 Å². The van der Waals surface area contributed by atoms with Crippen LogP contribution in [-0.2, 0) is 24.1 Å². The molecule has 0 unspecified atom stereocenters. The monoisotopic (exact) mass is 1140 g/mol. The van der Waals surface area contributed by atoms with Crippen molar-refractivity contribution >= 4 is 144 Å². The van der Waals surface area contributed by atoms with E-state index < -0.39 is 113 Å². The van der Waals surface area contributed by atoms with Crippen molar-refractivity contribution in [3.63, 3.8) is 0 Å². The van der Waals surface area contributed by atoms with Gasteiger partial charge < -0.3 is 30.3 Å². The third kappa shape index (κ3) is 27.9. The molecule has 15 atom stereocenters. The Morgan fingerprint density at radius 1 is 0.667 bits per heavy atom. The minimum absolute atomic E-state index is 0.0453. The predicted molar refractivity (Wildman–Crippen MR) is 262 cm³/mol. The average molecular weight is 1150 g/mol. The van der Waals surface area contributed by atoms with Crippen LogP contribution in [-0.4, -0.2) is 140 Å². The highest BCUT2D eigenvalue weighted by molar-refractivity contribution is 7.80. The van der Waals surface area contributed by atoms with E-state index in [9.17, 15) is 38.2 Å². The summed E-state index contributed by atoms with van der Waals surface area (Å²) in [5.41, 5.74) is 0. The SMILES string of the molecule is CCCCCCCCCCCCCCCC(=O)O[C@@H](C)/C=C/C[C@@H](Cl)[C@H](Cl)[C@H](C[C@H](Cl)[C@H](Cl)[C@@H](O)[C@H](Cl)[C@@H](Cl)[C@H](Cl)[C@H](O)[C@H](Cl)[C@@H](O)C(Cl)(Cl)CC[C@H](Cl)[C@@H](O)CO)OS(=O)(=O)O. The van der Waals surface area contributed by atoms with Gasteiger partial charge in [0.05, 0.1) is 79.4 Å². The molecule has 0 radical (unpaired) electrons. The van der Waals surface area contributed by atoms with Crippen LogP contribution in [0.3, 0.4) is 0 Å². The lowest BCUT2D eigenvalue weighted by atomic mass is 9.96. The Balaban J connectivity index is 5.14. The summed E-state index contributed by atoms with van der Waals surface area (Å²) in [5.74, 6) is -0.334. The number of esters is 1. The first-order valence-corrected chi connectivity index (χ1v) is 27.4. The van der Waals surface area contributed by atoms with E-state index >= 15 is 0 Å². The number of ether oxygens (including phenoxy) is 1. The maximum Gasteiger partial charge on any atom is 0.397 e. The molecule has 6 N–H and O–H groups in total. The van der Waals surface area contributed by atoms with E-state index in [1.54, 1.807) is 19.1 Å². The Hall–Kier alpha value is 2.07. The summed E-state index contributed by atoms with van der Waals surface area (Å²) in [7, 11) is -5.11. The zero-order chi connectivity index (χ0) is 48.5. The van der Waals surface area contributed by atoms with E-state index in [0.29, 0.717) is 6.42 Å². The Morgan fingerprint density at radius 2 is 1.14 bits per heavy atom. The standard InChI is InChI=1S/C40H67Cl11O11S/c1-3-4-5-6-7-8-9-10-11-12-13-14-15-19-30(54)61-24(2)17-16-18-26(42)31(44)29(62-63(58,59)60)22-27(43)32(45)37(55)34(47)33(46)35(48)38(56)36(49)39(57)40(50,51)21-20-25(41)28(53)23-52/h16-17,24-29,31-39,52-53,55-57H,3-15,18-23H2,1-2H3,(H,58,59,60)/b17-16+/t24-,25-,26+,27-,28-,29-,31-,32-,33+,34+,35-,36-,37+,38-,39+/m0/s1. The van der Waals surface area contributed by atoms with Crippen LogP contribution >= 0.6 is 128 Å². The summed E-state index contributed by atoms with van der Waals surface area (Å²) >= 11 is 69.9. The number of aliphatic hydroxyl groups excluding tert-OH is 5. The third-order valence-electron chi connectivity index (χ3n) is 10.3. The van der Waals surface area contributed by atoms with Crippen LogP contribution in [0.25, 0.3) is 0 Å². The molecule has 0 aliphatic rings. The molecule has 0 saturated heterocycles. The van der Waals surface area contributed by atoms with Crippen molar-refractivity contribution in [2.75, 3.05) is 6.61 Å². The summed E-state index contributed by atoms with van der Waals surface area (Å²) in [6, 6.07) is 0. The number of hydrogen-bond acceptors (Lipinski definition) is 10. The molecule has 0 amide bonds. The first-order valence-electron chi connectivity index (χ1n) is 21.3. The molecule has 376 valence electrons. The van der Waals surface area contributed by atoms with Crippen molar-refractivity contribution in [2.45, 2.75) is 219 Å². The molecule has 0 aromatic carbocycles. The largest absolute Gasteiger partial charge is 0.458 e. The molecule has 0 aliphatic heterocycles. The lowest BCUT2D eigenvalue weighted by Gasteiger charge is -2.36. The summed E-state index contributed by atoms with van der Waals surface area (Å²) in [4.78, 5) is 12.4. The predicted octanol–water partition coefficient (Wildman–Crippen LogP) is 10.8. The van der Waals surface area contributed by atoms with Crippen LogP contribution in [0.4, 0.5) is 0 Å². The molecule has 0 aliphatic carbocycles. The first kappa shape index (κ1) is 65.1. The van der Waals surface area contributed by atoms with Crippen LogP contribution in [0.1, 0.15) is 129 Å². The Labute approximate surface area is 430 Å². The molecule has 23 heteroatoms. The number of hydrogen-bond donors (Lipinski definition) is 6. The minimum Gasteiger partial charge on any atom is -0.458 e. The van der Waals surface area contributed by atoms with Crippen molar-refractivity contribution in [1.29, 1.82) is 0 Å². The van der Waals surface area contributed by atoms with Gasteiger partial charge in [0.1, 0.15) is 16.5 Å². The molecule has 0 fully saturated rings. The molecular weight excluding hydrogens is 1080 g/mol. The highest BCUT2D eigenvalue weighted by Crippen LogP contribution is 2.39. The third-order valence-corrected chi connectivity index (χ3v) is 16.8. The number of aliphatic hydroxyl groups is 5. The van der Waals surface area contributed by atoms with Crippen LogP contribution < -0.4 is 0 Å². The normalized spacial score (nSPS) is 20.1. The molecule has 0 aromatic heterocycles. The van der Waals surface area contributed by atoms with Crippen LogP contribution in [0, 0.1) is 0 Å². The van der Waals surface area contributed by atoms with Crippen LogP contribution in [0.2, 0.25) is 0 Å². The van der Waals surface area contributed by atoms with E-state index in [2.05, 4.69) is 6.92 Å². The molecule has 0 bridgehead atoms. The number of alkyl halides is 11. The lowest BCUT2D eigenvalue weighted by Crippen LogP contribution is -2.52. The molecule has 0 saturated carbocycles. The molecular formula is C40H67Cl11O11S. The molecule has 11 nitrogen and oxygen atoms in total. The smallest absolute Gasteiger partial charge is 0.397 e. The van der Waals surface area contributed by atoms with E-state index in [4.69, 9.17) is 142 Å². The minimum atomic E-state index is -5.11. The second-order valence-corrected chi connectivity index (χ2v) is 23.1. The lowest BCUT2D eigenvalue weighted by molar-refractivity contribution is -0.146. The fourth-order valence-corrected chi connectivity index (χ4v) is 10.4.